The highest BCUT2D eigenvalue weighted by atomic mass is 32.1. The molecule has 0 saturated heterocycles. The molecule has 0 bridgehead atoms. The number of aliphatic carboxylic acids is 1. The van der Waals surface area contributed by atoms with Crippen LogP contribution in [-0.4, -0.2) is 21.8 Å². The van der Waals surface area contributed by atoms with Crippen molar-refractivity contribution in [1.82, 2.24) is 4.98 Å². The Morgan fingerprint density at radius 1 is 1.22 bits per heavy atom. The fraction of sp³-hybridized carbons (Fsp3) is 0.389. The highest BCUT2D eigenvalue weighted by Crippen LogP contribution is 2.25. The van der Waals surface area contributed by atoms with Crippen LogP contribution in [0.4, 0.5) is 0 Å². The van der Waals surface area contributed by atoms with E-state index in [4.69, 9.17) is 5.11 Å². The highest BCUT2D eigenvalue weighted by Gasteiger charge is 2.24. The first-order chi connectivity index (χ1) is 10.9. The summed E-state index contributed by atoms with van der Waals surface area (Å²) < 4.78 is 0. The second kappa shape index (κ2) is 7.51. The number of carbonyl (C=O) groups excluding carboxylic acids is 1. The Bertz CT molecular complexity index is 689. The van der Waals surface area contributed by atoms with E-state index in [9.17, 15) is 9.59 Å². The number of nitrogens with zero attached hydrogens (tertiary/aromatic N) is 1. The molecule has 2 aromatic rings. The van der Waals surface area contributed by atoms with Gasteiger partial charge < -0.3 is 5.11 Å². The van der Waals surface area contributed by atoms with Gasteiger partial charge in [0, 0.05) is 23.8 Å². The zero-order valence-electron chi connectivity index (χ0n) is 13.6. The van der Waals surface area contributed by atoms with Crippen LogP contribution in [0.2, 0.25) is 0 Å². The average Bonchev–Trinajstić information content (AvgIpc) is 2.93. The van der Waals surface area contributed by atoms with Gasteiger partial charge in [0.05, 0.1) is 11.6 Å². The summed E-state index contributed by atoms with van der Waals surface area (Å²) in [5.41, 5.74) is 2.93. The minimum absolute atomic E-state index is 0.0599. The molecule has 0 aliphatic rings. The summed E-state index contributed by atoms with van der Waals surface area (Å²) in [5.74, 6) is -1.67. The minimum Gasteiger partial charge on any atom is -0.481 e. The van der Waals surface area contributed by atoms with Crippen molar-refractivity contribution < 1.29 is 14.7 Å². The van der Waals surface area contributed by atoms with Crippen molar-refractivity contribution in [3.05, 3.63) is 40.9 Å². The molecule has 0 radical (unpaired) electrons. The Morgan fingerprint density at radius 2 is 1.87 bits per heavy atom. The smallest absolute Gasteiger partial charge is 0.307 e. The van der Waals surface area contributed by atoms with Gasteiger partial charge in [-0.2, -0.15) is 0 Å². The quantitative estimate of drug-likeness (QED) is 0.833. The van der Waals surface area contributed by atoms with Gasteiger partial charge in [-0.15, -0.1) is 11.3 Å². The monoisotopic (exact) mass is 331 g/mol. The molecule has 23 heavy (non-hydrogen) atoms. The first-order valence-electron chi connectivity index (χ1n) is 7.62. The van der Waals surface area contributed by atoms with Crippen LogP contribution in [0.25, 0.3) is 10.6 Å². The van der Waals surface area contributed by atoms with Crippen molar-refractivity contribution in [2.75, 3.05) is 0 Å². The second-order valence-corrected chi connectivity index (χ2v) is 6.98. The van der Waals surface area contributed by atoms with E-state index in [2.05, 4.69) is 4.98 Å². The molecule has 1 N–H and O–H groups in total. The van der Waals surface area contributed by atoms with Gasteiger partial charge in [-0.25, -0.2) is 4.98 Å². The van der Waals surface area contributed by atoms with E-state index in [1.165, 1.54) is 16.9 Å². The lowest BCUT2D eigenvalue weighted by molar-refractivity contribution is -0.145. The number of carboxylic acids is 1. The van der Waals surface area contributed by atoms with Crippen LogP contribution in [0.15, 0.2) is 29.6 Å². The number of hydrogen-bond acceptors (Lipinski definition) is 4. The maximum atomic E-state index is 12.1. The van der Waals surface area contributed by atoms with Crippen LogP contribution in [0.5, 0.6) is 0 Å². The summed E-state index contributed by atoms with van der Waals surface area (Å²) in [6, 6.07) is 8.08. The largest absolute Gasteiger partial charge is 0.481 e. The van der Waals surface area contributed by atoms with E-state index >= 15 is 0 Å². The standard InChI is InChI=1S/C18H21NO3S/c1-11(2)16(18(21)22)9-15(20)8-14-10-23-17(19-14)13-6-4-12(3)5-7-13/h4-7,10-11,16H,8-9H2,1-3H3,(H,21,22)/t16-/m1/s1. The van der Waals surface area contributed by atoms with E-state index in [1.807, 2.05) is 50.4 Å². The lowest BCUT2D eigenvalue weighted by atomic mass is 9.90. The molecule has 0 aliphatic heterocycles. The number of aryl methyl sites for hydroxylation is 1. The Balaban J connectivity index is 2.02. The molecule has 5 heteroatoms. The third-order valence-electron chi connectivity index (χ3n) is 3.80. The average molecular weight is 331 g/mol. The van der Waals surface area contributed by atoms with Crippen molar-refractivity contribution in [3.8, 4) is 10.6 Å². The van der Waals surface area contributed by atoms with Gasteiger partial charge in [0.15, 0.2) is 0 Å². The summed E-state index contributed by atoms with van der Waals surface area (Å²) in [5, 5.41) is 11.9. The fourth-order valence-corrected chi connectivity index (χ4v) is 3.17. The SMILES string of the molecule is Cc1ccc(-c2nc(CC(=O)C[C@@H](C(=O)O)C(C)C)cs2)cc1. The molecule has 0 saturated carbocycles. The van der Waals surface area contributed by atoms with Crippen LogP contribution in [0.3, 0.4) is 0 Å². The summed E-state index contributed by atoms with van der Waals surface area (Å²) in [7, 11) is 0. The summed E-state index contributed by atoms with van der Waals surface area (Å²) in [6.45, 7) is 5.68. The van der Waals surface area contributed by atoms with E-state index in [0.717, 1.165) is 10.6 Å². The molecule has 2 rings (SSSR count). The van der Waals surface area contributed by atoms with Crippen molar-refractivity contribution in [2.24, 2.45) is 11.8 Å². The molecule has 1 aromatic heterocycles. The van der Waals surface area contributed by atoms with Crippen LogP contribution in [0.1, 0.15) is 31.5 Å². The zero-order valence-corrected chi connectivity index (χ0v) is 14.4. The van der Waals surface area contributed by atoms with Crippen LogP contribution in [-0.2, 0) is 16.0 Å². The third-order valence-corrected chi connectivity index (χ3v) is 4.74. The van der Waals surface area contributed by atoms with Crippen molar-refractivity contribution in [2.45, 2.75) is 33.6 Å². The van der Waals surface area contributed by atoms with E-state index in [-0.39, 0.29) is 24.5 Å². The number of benzene rings is 1. The predicted molar refractivity (Wildman–Crippen MR) is 91.6 cm³/mol. The van der Waals surface area contributed by atoms with Gasteiger partial charge >= 0.3 is 5.97 Å². The molecule has 0 amide bonds. The van der Waals surface area contributed by atoms with Gasteiger partial charge in [-0.3, -0.25) is 9.59 Å². The van der Waals surface area contributed by atoms with Crippen molar-refractivity contribution in [1.29, 1.82) is 0 Å². The van der Waals surface area contributed by atoms with Gasteiger partial charge in [-0.1, -0.05) is 43.7 Å². The molecule has 0 unspecified atom stereocenters. The van der Waals surface area contributed by atoms with Gasteiger partial charge in [0.25, 0.3) is 0 Å². The number of carbonyl (C=O) groups is 2. The number of rotatable bonds is 7. The highest BCUT2D eigenvalue weighted by molar-refractivity contribution is 7.13. The lowest BCUT2D eigenvalue weighted by Gasteiger charge is -2.14. The third kappa shape index (κ3) is 4.73. The van der Waals surface area contributed by atoms with E-state index < -0.39 is 11.9 Å². The van der Waals surface area contributed by atoms with Crippen molar-refractivity contribution in [3.63, 3.8) is 0 Å². The van der Waals surface area contributed by atoms with Crippen LogP contribution >= 0.6 is 11.3 Å². The first-order valence-corrected chi connectivity index (χ1v) is 8.50. The Morgan fingerprint density at radius 3 is 2.43 bits per heavy atom. The maximum absolute atomic E-state index is 12.1. The van der Waals surface area contributed by atoms with E-state index in [1.54, 1.807) is 0 Å². The molecule has 1 atom stereocenters. The zero-order chi connectivity index (χ0) is 17.0. The summed E-state index contributed by atoms with van der Waals surface area (Å²) >= 11 is 1.50. The van der Waals surface area contributed by atoms with Gasteiger partial charge in [0.1, 0.15) is 10.8 Å². The van der Waals surface area contributed by atoms with Crippen molar-refractivity contribution >= 4 is 23.1 Å². The Labute approximate surface area is 140 Å². The second-order valence-electron chi connectivity index (χ2n) is 6.12. The molecular weight excluding hydrogens is 310 g/mol. The molecule has 1 aromatic carbocycles. The first kappa shape index (κ1) is 17.3. The summed E-state index contributed by atoms with van der Waals surface area (Å²) in [4.78, 5) is 27.8. The molecule has 0 spiro atoms. The van der Waals surface area contributed by atoms with Gasteiger partial charge in [0.2, 0.25) is 0 Å². The van der Waals surface area contributed by atoms with Crippen LogP contribution < -0.4 is 0 Å². The molecule has 0 aliphatic carbocycles. The molecule has 4 nitrogen and oxygen atoms in total. The molecule has 122 valence electrons. The Kier molecular flexibility index (Phi) is 5.66. The van der Waals surface area contributed by atoms with Crippen LogP contribution in [0, 0.1) is 18.8 Å². The van der Waals surface area contributed by atoms with E-state index in [0.29, 0.717) is 5.69 Å². The Hall–Kier alpha value is -2.01. The fourth-order valence-electron chi connectivity index (χ4n) is 2.34. The number of Topliss-reactive ketones (excluding diaryl/α,β-unsaturated/α-hetero) is 1. The number of ketones is 1. The topological polar surface area (TPSA) is 67.3 Å². The van der Waals surface area contributed by atoms with Gasteiger partial charge in [-0.05, 0) is 12.8 Å². The number of thiazole rings is 1. The molecule has 1 heterocycles. The normalized spacial score (nSPS) is 12.3. The molecular formula is C18H21NO3S. The number of aromatic nitrogens is 1. The minimum atomic E-state index is -0.910. The maximum Gasteiger partial charge on any atom is 0.307 e. The lowest BCUT2D eigenvalue weighted by Crippen LogP contribution is -2.23. The number of carboxylic acid groups (broad SMARTS) is 1. The molecule has 0 fully saturated rings. The summed E-state index contributed by atoms with van der Waals surface area (Å²) in [6.07, 6.45) is 0.253. The predicted octanol–water partition coefficient (Wildman–Crippen LogP) is 3.98. The number of hydrogen-bond donors (Lipinski definition) is 1.